The molecule has 7 nitrogen and oxygen atoms in total. The van der Waals surface area contributed by atoms with Gasteiger partial charge in [0.1, 0.15) is 17.0 Å². The maximum Gasteiger partial charge on any atom is 0.262 e. The molecule has 1 aromatic heterocycles. The number of benzene rings is 4. The Morgan fingerprint density at radius 2 is 1.45 bits per heavy atom. The topological polar surface area (TPSA) is 102 Å². The zero-order chi connectivity index (χ0) is 32.4. The van der Waals surface area contributed by atoms with E-state index in [0.29, 0.717) is 0 Å². The number of carbonyl (C=O) groups is 2. The number of ketones is 2. The largest absolute Gasteiger partial charge is 1.00 e. The van der Waals surface area contributed by atoms with Gasteiger partial charge in [0.05, 0.1) is 21.8 Å². The van der Waals surface area contributed by atoms with Gasteiger partial charge in [0.2, 0.25) is 5.52 Å². The number of thiazole rings is 1. The number of aromatic nitrogens is 1. The molecule has 5 aromatic rings. The van der Waals surface area contributed by atoms with Crippen molar-refractivity contribution in [3.05, 3.63) is 135 Å². The van der Waals surface area contributed by atoms with Gasteiger partial charge in [-0.1, -0.05) is 89.9 Å². The van der Waals surface area contributed by atoms with Crippen LogP contribution < -0.4 is 33.4 Å². The molecule has 0 spiro atoms. The third-order valence-corrected chi connectivity index (χ3v) is 10.00. The SMILES string of the molecule is CCN1\C(=C/C=C/C=C/c2sc3ccccc3[n+]2CC)Sc2ccccc21.O=C1c2ccccc2C(=O)c2c(O)c(O)cc(O)c21.[I-]. The first-order valence-corrected chi connectivity index (χ1v) is 16.4. The van der Waals surface area contributed by atoms with Gasteiger partial charge < -0.3 is 44.2 Å². The molecule has 0 bridgehead atoms. The minimum atomic E-state index is -0.694. The number of carbonyl (C=O) groups excluding carboxylic acids is 2. The van der Waals surface area contributed by atoms with Gasteiger partial charge >= 0.3 is 0 Å². The Hall–Kier alpha value is -4.39. The van der Waals surface area contributed by atoms with E-state index in [0.717, 1.165) is 19.2 Å². The number of hydrogen-bond acceptors (Lipinski definition) is 8. The highest BCUT2D eigenvalue weighted by Crippen LogP contribution is 2.45. The molecule has 47 heavy (non-hydrogen) atoms. The number of nitrogens with zero attached hydrogens (tertiary/aromatic N) is 2. The fraction of sp³-hybridized carbons (Fsp3) is 0.108. The average molecular weight is 775 g/mol. The second-order valence-corrected chi connectivity index (χ2v) is 12.6. The van der Waals surface area contributed by atoms with Crippen LogP contribution in [0.4, 0.5) is 5.69 Å². The van der Waals surface area contributed by atoms with Crippen molar-refractivity contribution in [2.24, 2.45) is 0 Å². The molecule has 1 aliphatic heterocycles. The van der Waals surface area contributed by atoms with Crippen molar-refractivity contribution in [1.29, 1.82) is 0 Å². The molecule has 3 N–H and O–H groups in total. The molecule has 4 aromatic carbocycles. The number of phenols is 3. The summed E-state index contributed by atoms with van der Waals surface area (Å²) in [6, 6.07) is 24.2. The van der Waals surface area contributed by atoms with Crippen LogP contribution in [0.5, 0.6) is 17.2 Å². The molecule has 0 atom stereocenters. The molecule has 0 fully saturated rings. The third kappa shape index (κ3) is 6.45. The van der Waals surface area contributed by atoms with Gasteiger partial charge in [0.15, 0.2) is 23.1 Å². The van der Waals surface area contributed by atoms with E-state index in [-0.39, 0.29) is 46.2 Å². The van der Waals surface area contributed by atoms with Gasteiger partial charge in [-0.2, -0.15) is 4.57 Å². The van der Waals surface area contributed by atoms with Crippen LogP contribution in [0.3, 0.4) is 0 Å². The number of rotatable bonds is 5. The summed E-state index contributed by atoms with van der Waals surface area (Å²) in [7, 11) is 0. The molecule has 2 heterocycles. The van der Waals surface area contributed by atoms with Crippen molar-refractivity contribution in [3.8, 4) is 17.2 Å². The lowest BCUT2D eigenvalue weighted by molar-refractivity contribution is -0.665. The van der Waals surface area contributed by atoms with Crippen LogP contribution >= 0.6 is 23.1 Å². The number of allylic oxidation sites excluding steroid dienone is 4. The number of phenolic OH excluding ortho intramolecular Hbond substituents is 3. The van der Waals surface area contributed by atoms with E-state index >= 15 is 0 Å². The molecule has 2 aliphatic rings. The molecular formula is C37H31IN2O5S2. The van der Waals surface area contributed by atoms with Crippen LogP contribution in [0.1, 0.15) is 50.7 Å². The lowest BCUT2D eigenvalue weighted by Gasteiger charge is -2.19. The molecule has 0 saturated carbocycles. The highest BCUT2D eigenvalue weighted by atomic mass is 127. The first-order valence-electron chi connectivity index (χ1n) is 14.8. The van der Waals surface area contributed by atoms with Crippen LogP contribution in [-0.4, -0.2) is 33.4 Å². The number of hydrogen-bond donors (Lipinski definition) is 3. The number of halogens is 1. The Balaban J connectivity index is 0.000000191. The smallest absolute Gasteiger partial charge is 0.262 e. The number of fused-ring (bicyclic) bond motifs is 4. The van der Waals surface area contributed by atoms with Crippen molar-refractivity contribution in [1.82, 2.24) is 0 Å². The average Bonchev–Trinajstić information content (AvgIpc) is 3.62. The lowest BCUT2D eigenvalue weighted by atomic mass is 9.83. The minimum absolute atomic E-state index is 0. The maximum absolute atomic E-state index is 12.2. The predicted molar refractivity (Wildman–Crippen MR) is 184 cm³/mol. The number of aryl methyl sites for hydroxylation is 1. The minimum Gasteiger partial charge on any atom is -1.00 e. The van der Waals surface area contributed by atoms with E-state index in [9.17, 15) is 24.9 Å². The van der Waals surface area contributed by atoms with E-state index in [4.69, 9.17) is 0 Å². The predicted octanol–water partition coefficient (Wildman–Crippen LogP) is 4.83. The second kappa shape index (κ2) is 14.6. The van der Waals surface area contributed by atoms with E-state index in [1.807, 2.05) is 23.1 Å². The van der Waals surface area contributed by atoms with Crippen LogP contribution in [0.2, 0.25) is 0 Å². The molecule has 0 radical (unpaired) electrons. The summed E-state index contributed by atoms with van der Waals surface area (Å²) in [6.07, 6.45) is 10.8. The molecule has 1 aliphatic carbocycles. The zero-order valence-electron chi connectivity index (χ0n) is 25.6. The number of para-hydroxylation sites is 2. The standard InChI is InChI=1S/C23H23N2S2.C14H8O5.HI/c1-3-24-18-12-8-10-14-20(18)26-22(24)16-6-5-7-17-23-25(4-2)19-13-9-11-15-21(19)27-23;15-8-5-9(16)14(19)11-10(8)12(17)6-3-1-2-4-7(6)13(11)18;/h5-17H,3-4H2,1-2H3;1-5,15-16,19H;1H/q+1;;/p-1. The van der Waals surface area contributed by atoms with Crippen molar-refractivity contribution in [2.75, 3.05) is 11.4 Å². The van der Waals surface area contributed by atoms with Crippen molar-refractivity contribution >= 4 is 56.6 Å². The fourth-order valence-corrected chi connectivity index (χ4v) is 7.87. The monoisotopic (exact) mass is 774 g/mol. The highest BCUT2D eigenvalue weighted by Gasteiger charge is 2.35. The van der Waals surface area contributed by atoms with Gasteiger partial charge in [-0.25, -0.2) is 0 Å². The zero-order valence-corrected chi connectivity index (χ0v) is 29.3. The Labute approximate surface area is 297 Å². The van der Waals surface area contributed by atoms with Crippen LogP contribution in [0.15, 0.2) is 113 Å². The number of thioether (sulfide) groups is 1. The highest BCUT2D eigenvalue weighted by molar-refractivity contribution is 8.03. The van der Waals surface area contributed by atoms with Gasteiger partial charge in [0.25, 0.3) is 5.01 Å². The Kier molecular flexibility index (Phi) is 10.5. The van der Waals surface area contributed by atoms with E-state index in [1.54, 1.807) is 12.1 Å². The molecule has 10 heteroatoms. The quantitative estimate of drug-likeness (QED) is 0.0759. The molecule has 0 saturated heterocycles. The van der Waals surface area contributed by atoms with E-state index < -0.39 is 28.8 Å². The van der Waals surface area contributed by atoms with Gasteiger partial charge in [-0.05, 0) is 38.1 Å². The van der Waals surface area contributed by atoms with Crippen molar-refractivity contribution in [3.63, 3.8) is 0 Å². The second-order valence-electron chi connectivity index (χ2n) is 10.4. The van der Waals surface area contributed by atoms with Crippen LogP contribution in [0, 0.1) is 0 Å². The summed E-state index contributed by atoms with van der Waals surface area (Å²) in [5.74, 6) is -3.03. The Morgan fingerprint density at radius 1 is 0.787 bits per heavy atom. The number of aromatic hydroxyl groups is 3. The maximum atomic E-state index is 12.2. The summed E-state index contributed by atoms with van der Waals surface area (Å²) < 4.78 is 3.70. The first kappa shape index (κ1) is 34.0. The summed E-state index contributed by atoms with van der Waals surface area (Å²) in [5, 5.41) is 31.5. The number of anilines is 1. The van der Waals surface area contributed by atoms with Crippen LogP contribution in [-0.2, 0) is 6.54 Å². The molecule has 7 rings (SSSR count). The molecule has 238 valence electrons. The Bertz CT molecular complexity index is 2100. The van der Waals surface area contributed by atoms with Gasteiger partial charge in [-0.15, -0.1) is 0 Å². The summed E-state index contributed by atoms with van der Waals surface area (Å²) in [6.45, 7) is 6.37. The Morgan fingerprint density at radius 3 is 2.17 bits per heavy atom. The fourth-order valence-electron chi connectivity index (χ4n) is 5.59. The normalized spacial score (nSPS) is 14.3. The lowest BCUT2D eigenvalue weighted by Crippen LogP contribution is -3.00. The van der Waals surface area contributed by atoms with Crippen molar-refractivity contribution < 1.29 is 53.5 Å². The van der Waals surface area contributed by atoms with Gasteiger partial charge in [-0.3, -0.25) is 9.59 Å². The summed E-state index contributed by atoms with van der Waals surface area (Å²) in [4.78, 5) is 28.2. The third-order valence-electron chi connectivity index (χ3n) is 7.73. The molecular weight excluding hydrogens is 743 g/mol. The first-order chi connectivity index (χ1) is 22.3. The van der Waals surface area contributed by atoms with Crippen LogP contribution in [0.25, 0.3) is 16.3 Å². The van der Waals surface area contributed by atoms with E-state index in [2.05, 4.69) is 102 Å². The summed E-state index contributed by atoms with van der Waals surface area (Å²) >= 11 is 3.68. The van der Waals surface area contributed by atoms with E-state index in [1.165, 1.54) is 43.0 Å². The van der Waals surface area contributed by atoms with Gasteiger partial charge in [0, 0.05) is 40.8 Å². The van der Waals surface area contributed by atoms with Crippen molar-refractivity contribution in [2.45, 2.75) is 25.3 Å². The molecule has 0 unspecified atom stereocenters. The molecule has 0 amide bonds. The summed E-state index contributed by atoms with van der Waals surface area (Å²) in [5.41, 5.74) is 2.30.